The van der Waals surface area contributed by atoms with E-state index in [0.29, 0.717) is 0 Å². The van der Waals surface area contributed by atoms with Crippen molar-refractivity contribution in [1.29, 1.82) is 0 Å². The molecule has 4 nitrogen and oxygen atoms in total. The van der Waals surface area contributed by atoms with Crippen molar-refractivity contribution < 1.29 is 9.90 Å². The largest absolute Gasteiger partial charge is 0.478 e. The second kappa shape index (κ2) is 5.88. The predicted octanol–water partition coefficient (Wildman–Crippen LogP) is 2.81. The number of aliphatic carboxylic acids is 1. The first-order valence-corrected chi connectivity index (χ1v) is 6.00. The van der Waals surface area contributed by atoms with Gasteiger partial charge in [-0.25, -0.2) is 9.78 Å². The van der Waals surface area contributed by atoms with Crippen LogP contribution in [0, 0.1) is 0 Å². The van der Waals surface area contributed by atoms with Crippen molar-refractivity contribution in [2.75, 3.05) is 0 Å². The summed E-state index contributed by atoms with van der Waals surface area (Å²) in [4.78, 5) is 19.4. The molecule has 0 bridgehead atoms. The van der Waals surface area contributed by atoms with Crippen molar-refractivity contribution in [3.63, 3.8) is 0 Å². The number of aromatic nitrogens is 2. The first kappa shape index (κ1) is 12.2. The molecule has 2 rings (SSSR count). The van der Waals surface area contributed by atoms with Crippen LogP contribution in [0.2, 0.25) is 0 Å². The molecule has 2 aromatic rings. The van der Waals surface area contributed by atoms with Crippen molar-refractivity contribution in [2.45, 2.75) is 0 Å². The molecule has 0 aliphatic carbocycles. The zero-order chi connectivity index (χ0) is 12.8. The SMILES string of the molecule is O=C(O)C=Cc1cnc(C=Cc2cccnc2)s1. The van der Waals surface area contributed by atoms with Gasteiger partial charge in [0.2, 0.25) is 0 Å². The lowest BCUT2D eigenvalue weighted by Crippen LogP contribution is -1.84. The Morgan fingerprint density at radius 3 is 2.89 bits per heavy atom. The smallest absolute Gasteiger partial charge is 0.328 e. The molecule has 2 aromatic heterocycles. The van der Waals surface area contributed by atoms with Gasteiger partial charge in [0.1, 0.15) is 5.01 Å². The third kappa shape index (κ3) is 3.64. The minimum absolute atomic E-state index is 0.809. The van der Waals surface area contributed by atoms with E-state index in [4.69, 9.17) is 5.11 Å². The lowest BCUT2D eigenvalue weighted by atomic mass is 10.3. The fraction of sp³-hybridized carbons (Fsp3) is 0. The Balaban J connectivity index is 2.07. The highest BCUT2D eigenvalue weighted by molar-refractivity contribution is 7.13. The van der Waals surface area contributed by atoms with Gasteiger partial charge < -0.3 is 5.11 Å². The number of hydrogen-bond donors (Lipinski definition) is 1. The monoisotopic (exact) mass is 258 g/mol. The molecule has 18 heavy (non-hydrogen) atoms. The Kier molecular flexibility index (Phi) is 3.98. The van der Waals surface area contributed by atoms with E-state index >= 15 is 0 Å². The minimum atomic E-state index is -0.962. The van der Waals surface area contributed by atoms with Crippen LogP contribution in [0.15, 0.2) is 36.8 Å². The Bertz CT molecular complexity index is 588. The van der Waals surface area contributed by atoms with Gasteiger partial charge in [-0.1, -0.05) is 12.1 Å². The Morgan fingerprint density at radius 1 is 1.28 bits per heavy atom. The first-order valence-electron chi connectivity index (χ1n) is 5.19. The molecule has 1 N–H and O–H groups in total. The fourth-order valence-electron chi connectivity index (χ4n) is 1.25. The number of hydrogen-bond acceptors (Lipinski definition) is 4. The zero-order valence-corrected chi connectivity index (χ0v) is 10.2. The second-order valence-corrected chi connectivity index (χ2v) is 4.49. The molecule has 90 valence electrons. The van der Waals surface area contributed by atoms with Gasteiger partial charge in [-0.2, -0.15) is 0 Å². The average Bonchev–Trinajstić information content (AvgIpc) is 2.83. The molecule has 0 saturated carbocycles. The average molecular weight is 258 g/mol. The summed E-state index contributed by atoms with van der Waals surface area (Å²) in [5, 5.41) is 9.33. The van der Waals surface area contributed by atoms with Crippen LogP contribution in [0.4, 0.5) is 0 Å². The number of thiazole rings is 1. The number of rotatable bonds is 4. The zero-order valence-electron chi connectivity index (χ0n) is 9.35. The van der Waals surface area contributed by atoms with Crippen LogP contribution in [-0.4, -0.2) is 21.0 Å². The molecule has 0 aliphatic rings. The van der Waals surface area contributed by atoms with Crippen molar-refractivity contribution >= 4 is 35.5 Å². The van der Waals surface area contributed by atoms with Gasteiger partial charge >= 0.3 is 5.97 Å². The van der Waals surface area contributed by atoms with Gasteiger partial charge in [-0.15, -0.1) is 11.3 Å². The molecule has 0 radical (unpaired) electrons. The number of carbonyl (C=O) groups is 1. The van der Waals surface area contributed by atoms with E-state index in [-0.39, 0.29) is 0 Å². The van der Waals surface area contributed by atoms with E-state index in [1.807, 2.05) is 24.3 Å². The lowest BCUT2D eigenvalue weighted by Gasteiger charge is -1.88. The summed E-state index contributed by atoms with van der Waals surface area (Å²) in [7, 11) is 0. The van der Waals surface area contributed by atoms with Crippen molar-refractivity contribution in [1.82, 2.24) is 9.97 Å². The molecular formula is C13H10N2O2S. The first-order chi connectivity index (χ1) is 8.74. The van der Waals surface area contributed by atoms with Crippen LogP contribution in [0.25, 0.3) is 18.2 Å². The third-order valence-corrected chi connectivity index (χ3v) is 2.96. The molecule has 0 saturated heterocycles. The molecule has 0 unspecified atom stereocenters. The summed E-state index contributed by atoms with van der Waals surface area (Å²) >= 11 is 1.43. The van der Waals surface area contributed by atoms with Crippen LogP contribution < -0.4 is 0 Å². The quantitative estimate of drug-likeness (QED) is 0.856. The molecule has 0 aliphatic heterocycles. The molecule has 0 aromatic carbocycles. The molecular weight excluding hydrogens is 248 g/mol. The van der Waals surface area contributed by atoms with Gasteiger partial charge in [0.25, 0.3) is 0 Å². The van der Waals surface area contributed by atoms with Crippen LogP contribution in [0.1, 0.15) is 15.4 Å². The Labute approximate surface area is 108 Å². The predicted molar refractivity (Wildman–Crippen MR) is 71.9 cm³/mol. The number of pyridine rings is 1. The second-order valence-electron chi connectivity index (χ2n) is 3.39. The molecule has 0 atom stereocenters. The Hall–Kier alpha value is -2.27. The van der Waals surface area contributed by atoms with E-state index in [2.05, 4.69) is 9.97 Å². The van der Waals surface area contributed by atoms with Gasteiger partial charge in [0.05, 0.1) is 0 Å². The highest BCUT2D eigenvalue weighted by Crippen LogP contribution is 2.17. The fourth-order valence-corrected chi connectivity index (χ4v) is 1.97. The van der Waals surface area contributed by atoms with Crippen molar-refractivity contribution in [3.8, 4) is 0 Å². The van der Waals surface area contributed by atoms with E-state index in [9.17, 15) is 4.79 Å². The maximum absolute atomic E-state index is 10.4. The van der Waals surface area contributed by atoms with E-state index in [0.717, 1.165) is 21.5 Å². The number of carboxylic acid groups (broad SMARTS) is 1. The van der Waals surface area contributed by atoms with E-state index in [1.54, 1.807) is 18.6 Å². The van der Waals surface area contributed by atoms with Crippen LogP contribution in [0.3, 0.4) is 0 Å². The van der Waals surface area contributed by atoms with Crippen LogP contribution in [0.5, 0.6) is 0 Å². The third-order valence-electron chi connectivity index (χ3n) is 2.03. The normalized spacial score (nSPS) is 11.3. The number of nitrogens with zero attached hydrogens (tertiary/aromatic N) is 2. The van der Waals surface area contributed by atoms with Gasteiger partial charge in [-0.05, 0) is 23.8 Å². The maximum Gasteiger partial charge on any atom is 0.328 e. The van der Waals surface area contributed by atoms with Crippen molar-refractivity contribution in [3.05, 3.63) is 52.2 Å². The van der Waals surface area contributed by atoms with Crippen LogP contribution in [-0.2, 0) is 4.79 Å². The maximum atomic E-state index is 10.4. The van der Waals surface area contributed by atoms with Crippen LogP contribution >= 0.6 is 11.3 Å². The Morgan fingerprint density at radius 2 is 2.17 bits per heavy atom. The summed E-state index contributed by atoms with van der Waals surface area (Å²) in [6.07, 6.45) is 11.5. The number of carboxylic acids is 1. The molecule has 0 amide bonds. The van der Waals surface area contributed by atoms with Crippen molar-refractivity contribution in [2.24, 2.45) is 0 Å². The standard InChI is InChI=1S/C13H10N2O2S/c16-13(17)6-4-11-9-15-12(18-11)5-3-10-2-1-7-14-8-10/h1-9H,(H,16,17). The topological polar surface area (TPSA) is 63.1 Å². The summed E-state index contributed by atoms with van der Waals surface area (Å²) in [5.41, 5.74) is 0.996. The van der Waals surface area contributed by atoms with E-state index in [1.165, 1.54) is 17.4 Å². The van der Waals surface area contributed by atoms with E-state index < -0.39 is 5.97 Å². The molecule has 5 heteroatoms. The molecule has 2 heterocycles. The summed E-state index contributed by atoms with van der Waals surface area (Å²) < 4.78 is 0. The van der Waals surface area contributed by atoms with Gasteiger partial charge in [0.15, 0.2) is 0 Å². The highest BCUT2D eigenvalue weighted by atomic mass is 32.1. The van der Waals surface area contributed by atoms with Gasteiger partial charge in [0, 0.05) is 29.5 Å². The molecule has 0 spiro atoms. The summed E-state index contributed by atoms with van der Waals surface area (Å²) in [5.74, 6) is -0.962. The summed E-state index contributed by atoms with van der Waals surface area (Å²) in [6, 6.07) is 3.81. The lowest BCUT2D eigenvalue weighted by molar-refractivity contribution is -0.131. The molecule has 0 fully saturated rings. The minimum Gasteiger partial charge on any atom is -0.478 e. The summed E-state index contributed by atoms with van der Waals surface area (Å²) in [6.45, 7) is 0. The highest BCUT2D eigenvalue weighted by Gasteiger charge is 1.96. The van der Waals surface area contributed by atoms with Gasteiger partial charge in [-0.3, -0.25) is 4.98 Å².